The Morgan fingerprint density at radius 2 is 1.69 bits per heavy atom. The molecule has 0 rings (SSSR count). The lowest BCUT2D eigenvalue weighted by atomic mass is 10.0. The lowest BCUT2D eigenvalue weighted by Crippen LogP contribution is -2.24. The summed E-state index contributed by atoms with van der Waals surface area (Å²) in [4.78, 5) is 0. The van der Waals surface area contributed by atoms with Crippen LogP contribution in [0, 0.1) is 5.92 Å². The summed E-state index contributed by atoms with van der Waals surface area (Å²) < 4.78 is 5.84. The molecule has 13 heavy (non-hydrogen) atoms. The van der Waals surface area contributed by atoms with E-state index in [2.05, 4.69) is 48.1 Å². The molecule has 0 amide bonds. The zero-order valence-corrected chi connectivity index (χ0v) is 11.4. The highest BCUT2D eigenvalue weighted by atomic mass is 28.2. The third-order valence-corrected chi connectivity index (χ3v) is 4.20. The molecule has 0 spiro atoms. The van der Waals surface area contributed by atoms with Crippen LogP contribution >= 0.6 is 0 Å². The van der Waals surface area contributed by atoms with Crippen LogP contribution in [0.2, 0.25) is 5.54 Å². The maximum atomic E-state index is 5.84. The molecule has 0 aromatic rings. The summed E-state index contributed by atoms with van der Waals surface area (Å²) >= 11 is 0. The van der Waals surface area contributed by atoms with Crippen molar-refractivity contribution in [1.82, 2.24) is 0 Å². The Labute approximate surface area is 85.5 Å². The van der Waals surface area contributed by atoms with Gasteiger partial charge in [0.2, 0.25) is 0 Å². The Bertz CT molecular complexity index is 167. The van der Waals surface area contributed by atoms with Gasteiger partial charge in [-0.05, 0) is 32.2 Å². The van der Waals surface area contributed by atoms with Gasteiger partial charge in [0.05, 0.1) is 0 Å². The summed E-state index contributed by atoms with van der Waals surface area (Å²) in [7, 11) is -0.458. The minimum Gasteiger partial charge on any atom is -0.419 e. The lowest BCUT2D eigenvalue weighted by Gasteiger charge is -2.24. The average Bonchev–Trinajstić information content (AvgIpc) is 1.97. The van der Waals surface area contributed by atoms with Gasteiger partial charge in [-0.15, -0.1) is 0 Å². The van der Waals surface area contributed by atoms with E-state index in [9.17, 15) is 0 Å². The van der Waals surface area contributed by atoms with Crippen LogP contribution in [0.15, 0.2) is 12.2 Å². The number of allylic oxidation sites excluding steroid dienone is 1. The zero-order valence-electron chi connectivity index (χ0n) is 9.98. The standard InChI is InChI=1S/C11H24OSi/c1-8(2)9(3)10(4)13-12-11(5,6)7/h8,10H,3,13H2,1-2,4-7H3. The van der Waals surface area contributed by atoms with E-state index >= 15 is 0 Å². The van der Waals surface area contributed by atoms with Gasteiger partial charge in [0.1, 0.15) is 0 Å². The Kier molecular flexibility index (Phi) is 4.93. The quantitative estimate of drug-likeness (QED) is 0.501. The molecule has 0 aliphatic carbocycles. The molecular weight excluding hydrogens is 176 g/mol. The average molecular weight is 200 g/mol. The summed E-state index contributed by atoms with van der Waals surface area (Å²) in [6, 6.07) is 0. The first-order chi connectivity index (χ1) is 5.74. The van der Waals surface area contributed by atoms with E-state index in [-0.39, 0.29) is 5.60 Å². The normalized spacial score (nSPS) is 15.6. The predicted octanol–water partition coefficient (Wildman–Crippen LogP) is 2.91. The molecule has 0 heterocycles. The van der Waals surface area contributed by atoms with Gasteiger partial charge in [0.25, 0.3) is 0 Å². The third kappa shape index (κ3) is 6.05. The second-order valence-electron chi connectivity index (χ2n) is 5.05. The smallest absolute Gasteiger partial charge is 0.169 e. The van der Waals surface area contributed by atoms with Crippen LogP contribution < -0.4 is 0 Å². The van der Waals surface area contributed by atoms with Crippen LogP contribution in [0.25, 0.3) is 0 Å². The van der Waals surface area contributed by atoms with Crippen LogP contribution in [-0.2, 0) is 4.43 Å². The highest BCUT2D eigenvalue weighted by Crippen LogP contribution is 2.23. The second-order valence-corrected chi connectivity index (χ2v) is 6.90. The summed E-state index contributed by atoms with van der Waals surface area (Å²) in [6.07, 6.45) is 0. The molecular formula is C11H24OSi. The highest BCUT2D eigenvalue weighted by molar-refractivity contribution is 6.30. The van der Waals surface area contributed by atoms with Crippen LogP contribution in [0.3, 0.4) is 0 Å². The van der Waals surface area contributed by atoms with E-state index in [1.54, 1.807) is 0 Å². The van der Waals surface area contributed by atoms with Crippen molar-refractivity contribution in [3.8, 4) is 0 Å². The summed E-state index contributed by atoms with van der Waals surface area (Å²) in [6.45, 7) is 17.1. The van der Waals surface area contributed by atoms with Crippen molar-refractivity contribution in [2.24, 2.45) is 5.92 Å². The van der Waals surface area contributed by atoms with Gasteiger partial charge < -0.3 is 4.43 Å². The molecule has 0 saturated heterocycles. The van der Waals surface area contributed by atoms with Crippen molar-refractivity contribution < 1.29 is 4.43 Å². The molecule has 0 saturated carbocycles. The van der Waals surface area contributed by atoms with Gasteiger partial charge in [-0.2, -0.15) is 0 Å². The molecule has 1 atom stereocenters. The van der Waals surface area contributed by atoms with Gasteiger partial charge in [-0.25, -0.2) is 0 Å². The summed E-state index contributed by atoms with van der Waals surface area (Å²) in [5, 5.41) is 0. The largest absolute Gasteiger partial charge is 0.419 e. The van der Waals surface area contributed by atoms with E-state index in [4.69, 9.17) is 4.43 Å². The monoisotopic (exact) mass is 200 g/mol. The molecule has 0 aliphatic heterocycles. The molecule has 2 heteroatoms. The zero-order chi connectivity index (χ0) is 10.6. The molecule has 0 aromatic carbocycles. The highest BCUT2D eigenvalue weighted by Gasteiger charge is 2.16. The lowest BCUT2D eigenvalue weighted by molar-refractivity contribution is 0.136. The van der Waals surface area contributed by atoms with Crippen molar-refractivity contribution in [3.05, 3.63) is 12.2 Å². The van der Waals surface area contributed by atoms with E-state index in [1.165, 1.54) is 5.57 Å². The first kappa shape index (κ1) is 12.9. The summed E-state index contributed by atoms with van der Waals surface area (Å²) in [5.74, 6) is 0.589. The number of rotatable bonds is 4. The fourth-order valence-corrected chi connectivity index (χ4v) is 2.49. The van der Waals surface area contributed by atoms with Crippen molar-refractivity contribution in [1.29, 1.82) is 0 Å². The minimum atomic E-state index is -0.458. The molecule has 0 aromatic heterocycles. The van der Waals surface area contributed by atoms with Crippen molar-refractivity contribution >= 4 is 9.76 Å². The Balaban J connectivity index is 3.88. The number of hydrogen-bond acceptors (Lipinski definition) is 1. The fourth-order valence-electron chi connectivity index (χ4n) is 1.05. The number of hydrogen-bond donors (Lipinski definition) is 0. The van der Waals surface area contributed by atoms with Gasteiger partial charge in [-0.1, -0.05) is 32.9 Å². The maximum absolute atomic E-state index is 5.84. The Hall–Kier alpha value is -0.0831. The second kappa shape index (κ2) is 4.96. The van der Waals surface area contributed by atoms with E-state index < -0.39 is 9.76 Å². The maximum Gasteiger partial charge on any atom is 0.169 e. The Morgan fingerprint density at radius 1 is 1.23 bits per heavy atom. The first-order valence-corrected chi connectivity index (χ1v) is 6.46. The van der Waals surface area contributed by atoms with Gasteiger partial charge in [0.15, 0.2) is 9.76 Å². The molecule has 0 bridgehead atoms. The molecule has 1 unspecified atom stereocenters. The molecule has 0 aliphatic rings. The fraction of sp³-hybridized carbons (Fsp3) is 0.818. The molecule has 1 nitrogen and oxygen atoms in total. The van der Waals surface area contributed by atoms with Gasteiger partial charge in [0, 0.05) is 5.60 Å². The molecule has 0 N–H and O–H groups in total. The van der Waals surface area contributed by atoms with E-state index in [1.807, 2.05) is 0 Å². The minimum absolute atomic E-state index is 0.0255. The van der Waals surface area contributed by atoms with Crippen molar-refractivity contribution in [2.45, 2.75) is 52.7 Å². The Morgan fingerprint density at radius 3 is 2.00 bits per heavy atom. The van der Waals surface area contributed by atoms with Crippen LogP contribution in [0.5, 0.6) is 0 Å². The topological polar surface area (TPSA) is 9.23 Å². The molecule has 0 radical (unpaired) electrons. The predicted molar refractivity (Wildman–Crippen MR) is 62.8 cm³/mol. The van der Waals surface area contributed by atoms with Crippen LogP contribution in [0.4, 0.5) is 0 Å². The molecule has 78 valence electrons. The van der Waals surface area contributed by atoms with Crippen LogP contribution in [-0.4, -0.2) is 15.4 Å². The summed E-state index contributed by atoms with van der Waals surface area (Å²) in [5.41, 5.74) is 1.97. The van der Waals surface area contributed by atoms with Crippen LogP contribution in [0.1, 0.15) is 41.5 Å². The van der Waals surface area contributed by atoms with Crippen molar-refractivity contribution in [2.75, 3.05) is 0 Å². The molecule has 0 fully saturated rings. The SMILES string of the molecule is C=C(C(C)C)C(C)[SiH2]OC(C)(C)C. The van der Waals surface area contributed by atoms with Crippen molar-refractivity contribution in [3.63, 3.8) is 0 Å². The van der Waals surface area contributed by atoms with E-state index in [0.29, 0.717) is 11.5 Å². The van der Waals surface area contributed by atoms with Gasteiger partial charge in [-0.3, -0.25) is 0 Å². The third-order valence-electron chi connectivity index (χ3n) is 2.14. The first-order valence-electron chi connectivity index (χ1n) is 5.06. The van der Waals surface area contributed by atoms with Gasteiger partial charge >= 0.3 is 0 Å². The van der Waals surface area contributed by atoms with E-state index in [0.717, 1.165) is 0 Å².